The highest BCUT2D eigenvalue weighted by Crippen LogP contribution is 2.03. The number of rotatable bonds is 7. The molecular weight excluding hydrogens is 164 g/mol. The topological polar surface area (TPSA) is 38.5 Å². The van der Waals surface area contributed by atoms with Crippen molar-refractivity contribution in [3.8, 4) is 0 Å². The summed E-state index contributed by atoms with van der Waals surface area (Å²) < 4.78 is 5.22. The average Bonchev–Trinajstić information content (AvgIpc) is 2.13. The van der Waals surface area contributed by atoms with E-state index >= 15 is 0 Å². The third-order valence-electron chi connectivity index (χ3n) is 2.43. The number of hydrogen-bond acceptors (Lipinski definition) is 3. The van der Waals surface area contributed by atoms with E-state index in [1.807, 2.05) is 0 Å². The maximum atomic E-state index is 5.54. The fourth-order valence-electron chi connectivity index (χ4n) is 1.33. The molecule has 0 fully saturated rings. The summed E-state index contributed by atoms with van der Waals surface area (Å²) in [6.07, 6.45) is 1.40. The number of nitrogens with zero attached hydrogens (tertiary/aromatic N) is 1. The summed E-state index contributed by atoms with van der Waals surface area (Å²) in [6.45, 7) is 7.13. The Balaban J connectivity index is 3.65. The van der Waals surface area contributed by atoms with Crippen LogP contribution in [0.15, 0.2) is 0 Å². The van der Waals surface area contributed by atoms with E-state index in [0.29, 0.717) is 6.54 Å². The summed E-state index contributed by atoms with van der Waals surface area (Å²) in [7, 11) is 3.84. The Kier molecular flexibility index (Phi) is 7.23. The summed E-state index contributed by atoms with van der Waals surface area (Å²) in [5.74, 6) is 0.750. The lowest BCUT2D eigenvalue weighted by Crippen LogP contribution is -2.37. The van der Waals surface area contributed by atoms with Crippen LogP contribution in [-0.4, -0.2) is 44.8 Å². The van der Waals surface area contributed by atoms with Crippen LogP contribution in [0.5, 0.6) is 0 Å². The van der Waals surface area contributed by atoms with Gasteiger partial charge >= 0.3 is 0 Å². The number of likely N-dealkylation sites (N-methyl/N-ethyl adjacent to an activating group) is 1. The molecule has 0 amide bonds. The average molecular weight is 188 g/mol. The van der Waals surface area contributed by atoms with Crippen LogP contribution in [-0.2, 0) is 4.74 Å². The molecule has 3 nitrogen and oxygen atoms in total. The molecule has 0 saturated carbocycles. The van der Waals surface area contributed by atoms with Crippen molar-refractivity contribution >= 4 is 0 Å². The van der Waals surface area contributed by atoms with E-state index in [4.69, 9.17) is 10.5 Å². The SMILES string of the molecule is CCC(C)CN(C)CC(CN)OC. The van der Waals surface area contributed by atoms with Crippen molar-refractivity contribution in [1.82, 2.24) is 4.90 Å². The second-order valence-corrected chi connectivity index (χ2v) is 3.83. The molecule has 13 heavy (non-hydrogen) atoms. The quantitative estimate of drug-likeness (QED) is 0.646. The zero-order valence-corrected chi connectivity index (χ0v) is 9.42. The second kappa shape index (κ2) is 7.30. The van der Waals surface area contributed by atoms with Crippen LogP contribution < -0.4 is 5.73 Å². The van der Waals surface area contributed by atoms with Crippen molar-refractivity contribution in [2.75, 3.05) is 33.8 Å². The molecular formula is C10H24N2O. The first-order valence-electron chi connectivity index (χ1n) is 5.05. The van der Waals surface area contributed by atoms with Gasteiger partial charge in [-0.15, -0.1) is 0 Å². The molecule has 80 valence electrons. The van der Waals surface area contributed by atoms with Gasteiger partial charge in [0.1, 0.15) is 0 Å². The Labute approximate surface area is 82.2 Å². The maximum absolute atomic E-state index is 5.54. The lowest BCUT2D eigenvalue weighted by molar-refractivity contribution is 0.0741. The zero-order chi connectivity index (χ0) is 10.3. The van der Waals surface area contributed by atoms with Crippen molar-refractivity contribution in [2.45, 2.75) is 26.4 Å². The van der Waals surface area contributed by atoms with Crippen molar-refractivity contribution in [2.24, 2.45) is 11.7 Å². The van der Waals surface area contributed by atoms with Gasteiger partial charge in [-0.25, -0.2) is 0 Å². The molecule has 0 aromatic heterocycles. The predicted molar refractivity (Wildman–Crippen MR) is 56.8 cm³/mol. The van der Waals surface area contributed by atoms with Crippen LogP contribution in [0.25, 0.3) is 0 Å². The summed E-state index contributed by atoms with van der Waals surface area (Å²) in [5, 5.41) is 0. The minimum atomic E-state index is 0.175. The molecule has 0 aliphatic carbocycles. The number of hydrogen-bond donors (Lipinski definition) is 1. The Morgan fingerprint density at radius 1 is 1.38 bits per heavy atom. The van der Waals surface area contributed by atoms with Crippen LogP contribution in [0, 0.1) is 5.92 Å². The molecule has 0 saturated heterocycles. The first-order valence-corrected chi connectivity index (χ1v) is 5.05. The normalized spacial score (nSPS) is 16.2. The van der Waals surface area contributed by atoms with Crippen molar-refractivity contribution in [1.29, 1.82) is 0 Å². The molecule has 0 aromatic rings. The van der Waals surface area contributed by atoms with Crippen LogP contribution in [0.4, 0.5) is 0 Å². The van der Waals surface area contributed by atoms with E-state index in [9.17, 15) is 0 Å². The van der Waals surface area contributed by atoms with Gasteiger partial charge in [0.2, 0.25) is 0 Å². The first kappa shape index (κ1) is 12.9. The number of nitrogens with two attached hydrogens (primary N) is 1. The molecule has 0 aliphatic heterocycles. The molecule has 2 N–H and O–H groups in total. The Hall–Kier alpha value is -0.120. The summed E-state index contributed by atoms with van der Waals surface area (Å²) in [4.78, 5) is 2.29. The summed E-state index contributed by atoms with van der Waals surface area (Å²) >= 11 is 0. The van der Waals surface area contributed by atoms with E-state index in [-0.39, 0.29) is 6.10 Å². The second-order valence-electron chi connectivity index (χ2n) is 3.83. The molecule has 0 heterocycles. The van der Waals surface area contributed by atoms with Crippen molar-refractivity contribution in [3.63, 3.8) is 0 Å². The van der Waals surface area contributed by atoms with Crippen molar-refractivity contribution in [3.05, 3.63) is 0 Å². The highest BCUT2D eigenvalue weighted by molar-refractivity contribution is 4.65. The van der Waals surface area contributed by atoms with Crippen LogP contribution >= 0.6 is 0 Å². The zero-order valence-electron chi connectivity index (χ0n) is 9.42. The molecule has 0 spiro atoms. The van der Waals surface area contributed by atoms with Gasteiger partial charge in [0.25, 0.3) is 0 Å². The van der Waals surface area contributed by atoms with E-state index in [1.54, 1.807) is 7.11 Å². The molecule has 0 bridgehead atoms. The molecule has 2 atom stereocenters. The smallest absolute Gasteiger partial charge is 0.0820 e. The van der Waals surface area contributed by atoms with Gasteiger partial charge in [-0.3, -0.25) is 0 Å². The van der Waals surface area contributed by atoms with Gasteiger partial charge in [-0.2, -0.15) is 0 Å². The van der Waals surface area contributed by atoms with Gasteiger partial charge in [-0.1, -0.05) is 20.3 Å². The lowest BCUT2D eigenvalue weighted by atomic mass is 10.1. The molecule has 0 rings (SSSR count). The standard InChI is InChI=1S/C10H24N2O/c1-5-9(2)7-12(3)8-10(6-11)13-4/h9-10H,5-8,11H2,1-4H3. The molecule has 2 unspecified atom stereocenters. The van der Waals surface area contributed by atoms with Gasteiger partial charge in [0, 0.05) is 26.7 Å². The van der Waals surface area contributed by atoms with Gasteiger partial charge in [-0.05, 0) is 13.0 Å². The number of methoxy groups -OCH3 is 1. The van der Waals surface area contributed by atoms with Crippen molar-refractivity contribution < 1.29 is 4.74 Å². The summed E-state index contributed by atoms with van der Waals surface area (Å²) in [6, 6.07) is 0. The number of ether oxygens (including phenoxy) is 1. The third kappa shape index (κ3) is 6.02. The van der Waals surface area contributed by atoms with E-state index in [2.05, 4.69) is 25.8 Å². The minimum absolute atomic E-state index is 0.175. The Bertz CT molecular complexity index is 115. The predicted octanol–water partition coefficient (Wildman–Crippen LogP) is 0.938. The maximum Gasteiger partial charge on any atom is 0.0820 e. The molecule has 0 aliphatic rings. The monoisotopic (exact) mass is 188 g/mol. The van der Waals surface area contributed by atoms with Crippen LogP contribution in [0.2, 0.25) is 0 Å². The van der Waals surface area contributed by atoms with Gasteiger partial charge in [0.05, 0.1) is 6.10 Å². The fourth-order valence-corrected chi connectivity index (χ4v) is 1.33. The largest absolute Gasteiger partial charge is 0.379 e. The first-order chi connectivity index (χ1) is 6.13. The molecule has 3 heteroatoms. The van der Waals surface area contributed by atoms with Gasteiger partial charge < -0.3 is 15.4 Å². The van der Waals surface area contributed by atoms with Crippen LogP contribution in [0.1, 0.15) is 20.3 Å². The highest BCUT2D eigenvalue weighted by atomic mass is 16.5. The van der Waals surface area contributed by atoms with E-state index < -0.39 is 0 Å². The molecule has 0 aromatic carbocycles. The highest BCUT2D eigenvalue weighted by Gasteiger charge is 2.10. The van der Waals surface area contributed by atoms with E-state index in [0.717, 1.165) is 19.0 Å². The molecule has 0 radical (unpaired) electrons. The third-order valence-corrected chi connectivity index (χ3v) is 2.43. The fraction of sp³-hybridized carbons (Fsp3) is 1.00. The van der Waals surface area contributed by atoms with Crippen LogP contribution in [0.3, 0.4) is 0 Å². The lowest BCUT2D eigenvalue weighted by Gasteiger charge is -2.24. The minimum Gasteiger partial charge on any atom is -0.379 e. The Morgan fingerprint density at radius 2 is 2.00 bits per heavy atom. The summed E-state index contributed by atoms with van der Waals surface area (Å²) in [5.41, 5.74) is 5.54. The Morgan fingerprint density at radius 3 is 2.38 bits per heavy atom. The van der Waals surface area contributed by atoms with Gasteiger partial charge in [0.15, 0.2) is 0 Å². The van der Waals surface area contributed by atoms with E-state index in [1.165, 1.54) is 6.42 Å².